The van der Waals surface area contributed by atoms with E-state index >= 15 is 0 Å². The molecule has 0 amide bonds. The van der Waals surface area contributed by atoms with E-state index in [1.807, 2.05) is 31.2 Å². The van der Waals surface area contributed by atoms with Gasteiger partial charge in [0.15, 0.2) is 0 Å². The molecule has 0 spiro atoms. The second kappa shape index (κ2) is 6.54. The molecule has 3 nitrogen and oxygen atoms in total. The Balaban J connectivity index is 2.23. The largest absolute Gasteiger partial charge is 0.497 e. The molecule has 1 aromatic heterocycles. The Morgan fingerprint density at radius 1 is 1.25 bits per heavy atom. The number of halogens is 1. The van der Waals surface area contributed by atoms with E-state index in [1.54, 1.807) is 35.9 Å². The fourth-order valence-electron chi connectivity index (χ4n) is 2.97. The third kappa shape index (κ3) is 2.72. The van der Waals surface area contributed by atoms with Crippen LogP contribution in [0.2, 0.25) is 5.02 Å². The van der Waals surface area contributed by atoms with Gasteiger partial charge in [-0.05, 0) is 61.4 Å². The Hall–Kier alpha value is -2.52. The summed E-state index contributed by atoms with van der Waals surface area (Å²) in [5.74, 6) is 0.693. The third-order valence-corrected chi connectivity index (χ3v) is 4.44. The quantitative estimate of drug-likeness (QED) is 0.624. The molecule has 3 aromatic rings. The van der Waals surface area contributed by atoms with Crippen molar-refractivity contribution in [2.45, 2.75) is 13.3 Å². The van der Waals surface area contributed by atoms with E-state index in [1.165, 1.54) is 0 Å². The minimum Gasteiger partial charge on any atom is -0.497 e. The van der Waals surface area contributed by atoms with Gasteiger partial charge in [0, 0.05) is 21.7 Å². The zero-order chi connectivity index (χ0) is 17.3. The van der Waals surface area contributed by atoms with Crippen LogP contribution in [0, 0.1) is 6.92 Å². The summed E-state index contributed by atoms with van der Waals surface area (Å²) in [6, 6.07) is 12.7. The van der Waals surface area contributed by atoms with E-state index in [-0.39, 0.29) is 5.91 Å². The summed E-state index contributed by atoms with van der Waals surface area (Å²) in [7, 11) is 1.64. The summed E-state index contributed by atoms with van der Waals surface area (Å²) in [4.78, 5) is 13.0. The maximum Gasteiger partial charge on any atom is 0.262 e. The van der Waals surface area contributed by atoms with Crippen LogP contribution in [0.3, 0.4) is 0 Å². The van der Waals surface area contributed by atoms with Crippen LogP contribution in [0.25, 0.3) is 10.9 Å². The Morgan fingerprint density at radius 2 is 1.96 bits per heavy atom. The molecule has 24 heavy (non-hydrogen) atoms. The zero-order valence-corrected chi connectivity index (χ0v) is 14.4. The lowest BCUT2D eigenvalue weighted by Gasteiger charge is -2.08. The maximum atomic E-state index is 13.0. The van der Waals surface area contributed by atoms with Gasteiger partial charge in [-0.25, -0.2) is 0 Å². The molecule has 0 atom stereocenters. The van der Waals surface area contributed by atoms with E-state index < -0.39 is 0 Å². The number of carbonyl (C=O) groups excluding carboxylic acids is 1. The van der Waals surface area contributed by atoms with Crippen LogP contribution in [0.4, 0.5) is 0 Å². The fourth-order valence-corrected chi connectivity index (χ4v) is 3.10. The monoisotopic (exact) mass is 339 g/mol. The molecule has 2 aromatic carbocycles. The van der Waals surface area contributed by atoms with E-state index in [0.29, 0.717) is 17.0 Å². The van der Waals surface area contributed by atoms with Gasteiger partial charge in [0.1, 0.15) is 5.75 Å². The summed E-state index contributed by atoms with van der Waals surface area (Å²) < 4.78 is 7.08. The van der Waals surface area contributed by atoms with Gasteiger partial charge in [-0.2, -0.15) is 0 Å². The zero-order valence-electron chi connectivity index (χ0n) is 13.7. The van der Waals surface area contributed by atoms with E-state index in [9.17, 15) is 4.79 Å². The van der Waals surface area contributed by atoms with E-state index in [0.717, 1.165) is 27.9 Å². The molecule has 0 saturated carbocycles. The van der Waals surface area contributed by atoms with Crippen LogP contribution in [-0.4, -0.2) is 17.6 Å². The highest BCUT2D eigenvalue weighted by atomic mass is 35.5. The van der Waals surface area contributed by atoms with Gasteiger partial charge < -0.3 is 4.74 Å². The van der Waals surface area contributed by atoms with Crippen LogP contribution >= 0.6 is 11.6 Å². The first-order chi connectivity index (χ1) is 11.6. The lowest BCUT2D eigenvalue weighted by Crippen LogP contribution is -2.13. The van der Waals surface area contributed by atoms with Crippen LogP contribution in [-0.2, 0) is 6.42 Å². The number of ether oxygens (including phenoxy) is 1. The number of hydrogen-bond donors (Lipinski definition) is 0. The minimum absolute atomic E-state index is 0.0744. The number of benzene rings is 2. The normalized spacial score (nSPS) is 10.8. The predicted octanol–water partition coefficient (Wildman–Crippen LogP) is 5.03. The van der Waals surface area contributed by atoms with Gasteiger partial charge in [0.05, 0.1) is 12.6 Å². The molecule has 0 aliphatic carbocycles. The van der Waals surface area contributed by atoms with Crippen molar-refractivity contribution in [1.29, 1.82) is 0 Å². The second-order valence-corrected chi connectivity index (χ2v) is 6.02. The van der Waals surface area contributed by atoms with Gasteiger partial charge in [0.25, 0.3) is 5.91 Å². The van der Waals surface area contributed by atoms with Gasteiger partial charge >= 0.3 is 0 Å². The molecule has 1 heterocycles. The lowest BCUT2D eigenvalue weighted by atomic mass is 10.1. The average Bonchev–Trinajstić information content (AvgIpc) is 2.86. The molecular formula is C20H18ClNO2. The highest BCUT2D eigenvalue weighted by molar-refractivity contribution is 6.30. The van der Waals surface area contributed by atoms with Crippen molar-refractivity contribution in [3.63, 3.8) is 0 Å². The number of hydrogen-bond acceptors (Lipinski definition) is 2. The first-order valence-corrected chi connectivity index (χ1v) is 8.03. The Bertz CT molecular complexity index is 923. The van der Waals surface area contributed by atoms with Gasteiger partial charge in [0.2, 0.25) is 0 Å². The highest BCUT2D eigenvalue weighted by Crippen LogP contribution is 2.30. The number of fused-ring (bicyclic) bond motifs is 1. The molecule has 0 radical (unpaired) electrons. The minimum atomic E-state index is -0.0744. The second-order valence-electron chi connectivity index (χ2n) is 5.59. The maximum absolute atomic E-state index is 13.0. The molecule has 0 aliphatic heterocycles. The van der Waals surface area contributed by atoms with Crippen LogP contribution in [0.5, 0.6) is 5.75 Å². The van der Waals surface area contributed by atoms with Crippen LogP contribution < -0.4 is 4.74 Å². The molecule has 0 saturated heterocycles. The van der Waals surface area contributed by atoms with Gasteiger partial charge in [-0.15, -0.1) is 6.58 Å². The molecule has 122 valence electrons. The number of methoxy groups -OCH3 is 1. The number of aromatic nitrogens is 1. The summed E-state index contributed by atoms with van der Waals surface area (Å²) in [6.45, 7) is 5.79. The summed E-state index contributed by atoms with van der Waals surface area (Å²) in [6.07, 6.45) is 2.54. The van der Waals surface area contributed by atoms with Crippen molar-refractivity contribution in [1.82, 2.24) is 4.57 Å². The third-order valence-electron chi connectivity index (χ3n) is 4.18. The molecular weight excluding hydrogens is 322 g/mol. The molecule has 0 bridgehead atoms. The van der Waals surface area contributed by atoms with Crippen molar-refractivity contribution < 1.29 is 9.53 Å². The fraction of sp³-hybridized carbons (Fsp3) is 0.150. The summed E-state index contributed by atoms with van der Waals surface area (Å²) in [5, 5.41) is 1.62. The molecule has 0 fully saturated rings. The number of carbonyl (C=O) groups is 1. The van der Waals surface area contributed by atoms with Gasteiger partial charge in [-0.1, -0.05) is 17.7 Å². The number of allylic oxidation sites excluding steroid dienone is 1. The first-order valence-electron chi connectivity index (χ1n) is 7.66. The van der Waals surface area contributed by atoms with E-state index in [4.69, 9.17) is 16.3 Å². The molecule has 3 rings (SSSR count). The smallest absolute Gasteiger partial charge is 0.262 e. The van der Waals surface area contributed by atoms with Crippen molar-refractivity contribution in [3.05, 3.63) is 77.0 Å². The lowest BCUT2D eigenvalue weighted by molar-refractivity contribution is 0.0963. The highest BCUT2D eigenvalue weighted by Gasteiger charge is 2.19. The van der Waals surface area contributed by atoms with E-state index in [2.05, 4.69) is 6.58 Å². The SMILES string of the molecule is C=CCc1c(C)n(C(=O)c2ccc(Cl)cc2)c2ccc(OC)cc12. The van der Waals surface area contributed by atoms with Gasteiger partial charge in [-0.3, -0.25) is 9.36 Å². The average molecular weight is 340 g/mol. The van der Waals surface area contributed by atoms with Crippen LogP contribution in [0.15, 0.2) is 55.1 Å². The van der Waals surface area contributed by atoms with Crippen molar-refractivity contribution in [2.75, 3.05) is 7.11 Å². The Labute approximate surface area is 146 Å². The topological polar surface area (TPSA) is 31.2 Å². The standard InChI is InChI=1S/C20H18ClNO2/c1-4-5-17-13(2)22(19-11-10-16(24-3)12-18(17)19)20(23)14-6-8-15(21)9-7-14/h4,6-12H,1,5H2,2-3H3. The first kappa shape index (κ1) is 16.3. The van der Waals surface area contributed by atoms with Crippen molar-refractivity contribution in [3.8, 4) is 5.75 Å². The molecule has 0 unspecified atom stereocenters. The van der Waals surface area contributed by atoms with Crippen molar-refractivity contribution in [2.24, 2.45) is 0 Å². The molecule has 0 aliphatic rings. The summed E-state index contributed by atoms with van der Waals surface area (Å²) in [5.41, 5.74) is 3.46. The Morgan fingerprint density at radius 3 is 2.58 bits per heavy atom. The number of nitrogens with zero attached hydrogens (tertiary/aromatic N) is 1. The van der Waals surface area contributed by atoms with Crippen molar-refractivity contribution >= 4 is 28.4 Å². The summed E-state index contributed by atoms with van der Waals surface area (Å²) >= 11 is 5.92. The van der Waals surface area contributed by atoms with Crippen LogP contribution in [0.1, 0.15) is 21.6 Å². The molecule has 4 heteroatoms. The molecule has 0 N–H and O–H groups in total. The Kier molecular flexibility index (Phi) is 4.45. The number of rotatable bonds is 4. The predicted molar refractivity (Wildman–Crippen MR) is 98.3 cm³/mol.